The van der Waals surface area contributed by atoms with Gasteiger partial charge in [0.2, 0.25) is 5.91 Å². The molecule has 1 atom stereocenters. The number of hydrogen-bond acceptors (Lipinski definition) is 7. The minimum absolute atomic E-state index is 0.0579. The maximum absolute atomic E-state index is 13.3. The number of carbonyl (C=O) groups is 2. The van der Waals surface area contributed by atoms with Crippen molar-refractivity contribution < 1.29 is 23.8 Å². The zero-order chi connectivity index (χ0) is 30.6. The summed E-state index contributed by atoms with van der Waals surface area (Å²) in [5.74, 6) is 1.45. The summed E-state index contributed by atoms with van der Waals surface area (Å²) in [7, 11) is 1.65. The van der Waals surface area contributed by atoms with Crippen LogP contribution in [0.15, 0.2) is 71.1 Å². The monoisotopic (exact) mass is 602 g/mol. The van der Waals surface area contributed by atoms with Crippen LogP contribution in [0.2, 0.25) is 0 Å². The molecule has 1 fully saturated rings. The Morgan fingerprint density at radius 3 is 2.35 bits per heavy atom. The molecule has 228 valence electrons. The normalized spacial score (nSPS) is 15.1. The van der Waals surface area contributed by atoms with Gasteiger partial charge in [0.1, 0.15) is 23.1 Å². The summed E-state index contributed by atoms with van der Waals surface area (Å²) >= 11 is 1.54. The molecule has 0 radical (unpaired) electrons. The van der Waals surface area contributed by atoms with Crippen LogP contribution in [0.1, 0.15) is 80.7 Å². The van der Waals surface area contributed by atoms with Gasteiger partial charge in [-0.15, -0.1) is 11.3 Å². The van der Waals surface area contributed by atoms with Gasteiger partial charge in [-0.3, -0.25) is 4.79 Å². The molecule has 2 aromatic carbocycles. The van der Waals surface area contributed by atoms with Crippen LogP contribution in [0.25, 0.3) is 6.08 Å². The fraction of sp³-hybridized carbons (Fsp3) is 0.400. The van der Waals surface area contributed by atoms with E-state index in [1.54, 1.807) is 27.0 Å². The number of nitrogens with zero attached hydrogens (tertiary/aromatic N) is 1. The van der Waals surface area contributed by atoms with Crippen LogP contribution in [0.5, 0.6) is 11.5 Å². The fourth-order valence-corrected chi connectivity index (χ4v) is 5.97. The molecule has 0 aliphatic heterocycles. The van der Waals surface area contributed by atoms with Gasteiger partial charge in [0.05, 0.1) is 25.5 Å². The van der Waals surface area contributed by atoms with Gasteiger partial charge in [-0.1, -0.05) is 43.5 Å². The highest BCUT2D eigenvalue weighted by Gasteiger charge is 2.25. The minimum atomic E-state index is -0.322. The molecule has 1 aliphatic rings. The highest BCUT2D eigenvalue weighted by atomic mass is 32.1. The van der Waals surface area contributed by atoms with E-state index in [4.69, 9.17) is 19.2 Å². The zero-order valence-electron chi connectivity index (χ0n) is 25.6. The number of benzene rings is 2. The smallest absolute Gasteiger partial charge is 0.333 e. The Labute approximate surface area is 259 Å². The molecule has 0 saturated heterocycles. The maximum Gasteiger partial charge on any atom is 0.333 e. The number of allylic oxidation sites excluding steroid dienone is 2. The van der Waals surface area contributed by atoms with Crippen molar-refractivity contribution in [3.63, 3.8) is 0 Å². The molecule has 0 bridgehead atoms. The molecule has 1 aromatic heterocycles. The van der Waals surface area contributed by atoms with Gasteiger partial charge in [0.25, 0.3) is 0 Å². The van der Waals surface area contributed by atoms with Gasteiger partial charge in [0, 0.05) is 16.9 Å². The summed E-state index contributed by atoms with van der Waals surface area (Å²) in [6.07, 6.45) is 9.65. The van der Waals surface area contributed by atoms with E-state index in [1.165, 1.54) is 17.8 Å². The number of hydrogen-bond donors (Lipinski definition) is 1. The number of rotatable bonds is 13. The van der Waals surface area contributed by atoms with Gasteiger partial charge in [-0.05, 0) is 93.2 Å². The van der Waals surface area contributed by atoms with E-state index in [-0.39, 0.29) is 23.8 Å². The highest BCUT2D eigenvalue weighted by Crippen LogP contribution is 2.28. The maximum atomic E-state index is 13.3. The Morgan fingerprint density at radius 1 is 1.00 bits per heavy atom. The van der Waals surface area contributed by atoms with E-state index in [2.05, 4.69) is 5.32 Å². The van der Waals surface area contributed by atoms with Crippen molar-refractivity contribution in [2.75, 3.05) is 13.7 Å². The zero-order valence-corrected chi connectivity index (χ0v) is 26.4. The molecule has 1 aliphatic carbocycles. The van der Waals surface area contributed by atoms with Crippen molar-refractivity contribution >= 4 is 29.3 Å². The Hall–Kier alpha value is -3.91. The summed E-state index contributed by atoms with van der Waals surface area (Å²) in [6, 6.07) is 15.6. The lowest BCUT2D eigenvalue weighted by molar-refractivity contribution is -0.138. The fourth-order valence-electron chi connectivity index (χ4n) is 5.15. The van der Waals surface area contributed by atoms with E-state index in [1.807, 2.05) is 66.9 Å². The second-order valence-electron chi connectivity index (χ2n) is 10.9. The summed E-state index contributed by atoms with van der Waals surface area (Å²) in [4.78, 5) is 30.2. The molecule has 8 heteroatoms. The quantitative estimate of drug-likeness (QED) is 0.123. The van der Waals surface area contributed by atoms with Crippen molar-refractivity contribution in [1.29, 1.82) is 0 Å². The molecule has 4 rings (SSSR count). The molecule has 0 unspecified atom stereocenters. The first-order valence-corrected chi connectivity index (χ1v) is 15.9. The predicted molar refractivity (Wildman–Crippen MR) is 171 cm³/mol. The largest absolute Gasteiger partial charge is 0.497 e. The lowest BCUT2D eigenvalue weighted by Crippen LogP contribution is -2.35. The Balaban J connectivity index is 1.46. The van der Waals surface area contributed by atoms with Gasteiger partial charge in [0.15, 0.2) is 0 Å². The van der Waals surface area contributed by atoms with E-state index < -0.39 is 0 Å². The number of nitrogens with one attached hydrogen (secondary N) is 1. The number of aromatic nitrogens is 1. The average Bonchev–Trinajstić information content (AvgIpc) is 3.49. The van der Waals surface area contributed by atoms with Crippen molar-refractivity contribution in [1.82, 2.24) is 10.3 Å². The Bertz CT molecular complexity index is 1400. The van der Waals surface area contributed by atoms with Crippen LogP contribution in [-0.2, 0) is 27.4 Å². The van der Waals surface area contributed by atoms with Crippen LogP contribution < -0.4 is 14.8 Å². The molecule has 1 heterocycles. The molecule has 43 heavy (non-hydrogen) atoms. The number of amides is 1. The Morgan fingerprint density at radius 2 is 1.67 bits per heavy atom. The van der Waals surface area contributed by atoms with E-state index in [0.29, 0.717) is 25.2 Å². The van der Waals surface area contributed by atoms with Crippen LogP contribution in [0, 0.1) is 5.92 Å². The predicted octanol–water partition coefficient (Wildman–Crippen LogP) is 7.62. The van der Waals surface area contributed by atoms with Gasteiger partial charge < -0.3 is 19.5 Å². The van der Waals surface area contributed by atoms with Crippen LogP contribution >= 0.6 is 11.3 Å². The summed E-state index contributed by atoms with van der Waals surface area (Å²) < 4.78 is 16.3. The summed E-state index contributed by atoms with van der Waals surface area (Å²) in [6.45, 7) is 6.28. The topological polar surface area (TPSA) is 86.8 Å². The minimum Gasteiger partial charge on any atom is -0.497 e. The van der Waals surface area contributed by atoms with Crippen LogP contribution in [0.4, 0.5) is 0 Å². The molecule has 1 saturated carbocycles. The highest BCUT2D eigenvalue weighted by molar-refractivity contribution is 7.09. The molecular formula is C35H42N2O5S. The molecule has 1 N–H and O–H groups in total. The lowest BCUT2D eigenvalue weighted by Gasteiger charge is -2.24. The van der Waals surface area contributed by atoms with Crippen molar-refractivity contribution in [3.05, 3.63) is 93.0 Å². The Kier molecular flexibility index (Phi) is 12.0. The SMILES string of the molecule is CCOC(=O)/C(C)=C\C(C)=C\c1csc([C@H](Cc2ccc(OCc3ccc(OC)cc3)cc2)NC(=O)C2CCCCC2)n1. The molecular weight excluding hydrogens is 560 g/mol. The number of carbonyl (C=O) groups excluding carboxylic acids is 2. The number of methoxy groups -OCH3 is 1. The molecule has 0 spiro atoms. The van der Waals surface area contributed by atoms with E-state index in [9.17, 15) is 9.59 Å². The second kappa shape index (κ2) is 16.1. The van der Waals surface area contributed by atoms with Crippen molar-refractivity contribution in [2.45, 2.75) is 71.9 Å². The number of ether oxygens (including phenoxy) is 3. The number of esters is 1. The average molecular weight is 603 g/mol. The van der Waals surface area contributed by atoms with Crippen molar-refractivity contribution in [3.8, 4) is 11.5 Å². The lowest BCUT2D eigenvalue weighted by atomic mass is 9.88. The third-order valence-electron chi connectivity index (χ3n) is 7.48. The third-order valence-corrected chi connectivity index (χ3v) is 8.45. The van der Waals surface area contributed by atoms with Crippen LogP contribution in [0.3, 0.4) is 0 Å². The first kappa shape index (κ1) is 32.0. The van der Waals surface area contributed by atoms with Crippen LogP contribution in [-0.4, -0.2) is 30.6 Å². The van der Waals surface area contributed by atoms with E-state index in [0.717, 1.165) is 64.6 Å². The first-order valence-electron chi connectivity index (χ1n) is 15.0. The summed E-state index contributed by atoms with van der Waals surface area (Å²) in [5, 5.41) is 6.17. The molecule has 7 nitrogen and oxygen atoms in total. The van der Waals surface area contributed by atoms with Gasteiger partial charge >= 0.3 is 5.97 Å². The third kappa shape index (κ3) is 9.82. The van der Waals surface area contributed by atoms with Gasteiger partial charge in [-0.25, -0.2) is 9.78 Å². The van der Waals surface area contributed by atoms with Crippen molar-refractivity contribution in [2.24, 2.45) is 5.92 Å². The first-order chi connectivity index (χ1) is 20.8. The summed E-state index contributed by atoms with van der Waals surface area (Å²) in [5.41, 5.74) is 4.38. The molecule has 3 aromatic rings. The number of thiazole rings is 1. The molecule has 1 amide bonds. The standard InChI is InChI=1S/C35H42N2O5S/c1-5-41-35(39)25(3)19-24(2)20-29-23-43-34(36-29)32(37-33(38)28-9-7-6-8-10-28)21-26-11-17-31(18-12-26)42-22-27-13-15-30(40-4)16-14-27/h11-20,23,28,32H,5-10,21-22H2,1-4H3,(H,37,38)/b24-20+,25-19-/t32-/m0/s1. The van der Waals surface area contributed by atoms with E-state index >= 15 is 0 Å². The van der Waals surface area contributed by atoms with Gasteiger partial charge in [-0.2, -0.15) is 0 Å². The second-order valence-corrected chi connectivity index (χ2v) is 11.8.